The molecule has 1 aliphatic heterocycles. The normalized spacial score (nSPS) is 26.9. The van der Waals surface area contributed by atoms with E-state index in [0.717, 1.165) is 38.6 Å². The third-order valence-electron chi connectivity index (χ3n) is 4.07. The Balaban J connectivity index is 1.72. The van der Waals surface area contributed by atoms with Gasteiger partial charge in [-0.2, -0.15) is 5.10 Å². The van der Waals surface area contributed by atoms with Crippen LogP contribution >= 0.6 is 0 Å². The molecule has 2 N–H and O–H groups in total. The lowest BCUT2D eigenvalue weighted by Crippen LogP contribution is -2.42. The first kappa shape index (κ1) is 11.7. The molecule has 1 aromatic rings. The molecule has 0 radical (unpaired) electrons. The largest absolute Gasteiger partial charge is 0.348 e. The van der Waals surface area contributed by atoms with Crippen LogP contribution in [-0.2, 0) is 18.3 Å². The van der Waals surface area contributed by atoms with Crippen molar-refractivity contribution < 1.29 is 4.79 Å². The van der Waals surface area contributed by atoms with Crippen LogP contribution in [0.2, 0.25) is 0 Å². The zero-order valence-electron chi connectivity index (χ0n) is 10.8. The maximum absolute atomic E-state index is 12.1. The number of rotatable bonds is 2. The number of carbonyl (C=O) groups is 1. The van der Waals surface area contributed by atoms with Crippen LogP contribution in [0.3, 0.4) is 0 Å². The molecule has 3 rings (SSSR count). The Kier molecular flexibility index (Phi) is 3.07. The number of hydrogen-bond donors (Lipinski definition) is 2. The summed E-state index contributed by atoms with van der Waals surface area (Å²) in [6.07, 6.45) is 7.17. The fourth-order valence-corrected chi connectivity index (χ4v) is 3.04. The Morgan fingerprint density at radius 2 is 2.39 bits per heavy atom. The summed E-state index contributed by atoms with van der Waals surface area (Å²) >= 11 is 0. The van der Waals surface area contributed by atoms with Crippen molar-refractivity contribution in [1.29, 1.82) is 0 Å². The van der Waals surface area contributed by atoms with Gasteiger partial charge in [0.05, 0.1) is 18.3 Å². The van der Waals surface area contributed by atoms with Gasteiger partial charge in [-0.25, -0.2) is 0 Å². The van der Waals surface area contributed by atoms with Crippen molar-refractivity contribution in [1.82, 2.24) is 20.4 Å². The van der Waals surface area contributed by atoms with Gasteiger partial charge < -0.3 is 10.6 Å². The second-order valence-corrected chi connectivity index (χ2v) is 5.27. The van der Waals surface area contributed by atoms with E-state index in [1.807, 2.05) is 17.9 Å². The smallest absolute Gasteiger partial charge is 0.237 e. The van der Waals surface area contributed by atoms with Crippen LogP contribution in [0.15, 0.2) is 6.20 Å². The standard InChI is InChI=1S/C13H20N4O/c1-17-12-6-2-4-10(9(12)8-15-17)16-13(18)11-5-3-7-14-11/h8,10-11,14H,2-7H2,1H3,(H,16,18)/t10?,11-/m1/s1. The second-order valence-electron chi connectivity index (χ2n) is 5.27. The van der Waals surface area contributed by atoms with Gasteiger partial charge in [0, 0.05) is 18.3 Å². The molecule has 1 fully saturated rings. The van der Waals surface area contributed by atoms with E-state index < -0.39 is 0 Å². The molecular formula is C13H20N4O. The van der Waals surface area contributed by atoms with Crippen LogP contribution in [0.1, 0.15) is 43.0 Å². The molecule has 1 unspecified atom stereocenters. The Morgan fingerprint density at radius 3 is 3.17 bits per heavy atom. The van der Waals surface area contributed by atoms with E-state index in [0.29, 0.717) is 0 Å². The molecule has 2 atom stereocenters. The number of nitrogens with zero attached hydrogens (tertiary/aromatic N) is 2. The lowest BCUT2D eigenvalue weighted by molar-refractivity contribution is -0.123. The van der Waals surface area contributed by atoms with E-state index in [9.17, 15) is 4.79 Å². The Labute approximate surface area is 107 Å². The predicted molar refractivity (Wildman–Crippen MR) is 68.1 cm³/mol. The third-order valence-corrected chi connectivity index (χ3v) is 4.07. The average molecular weight is 248 g/mol. The average Bonchev–Trinajstić information content (AvgIpc) is 3.00. The van der Waals surface area contributed by atoms with Gasteiger partial charge >= 0.3 is 0 Å². The molecule has 1 aliphatic carbocycles. The van der Waals surface area contributed by atoms with E-state index >= 15 is 0 Å². The van der Waals surface area contributed by atoms with Gasteiger partial charge in [0.15, 0.2) is 0 Å². The van der Waals surface area contributed by atoms with Crippen molar-refractivity contribution in [3.8, 4) is 0 Å². The Morgan fingerprint density at radius 1 is 1.50 bits per heavy atom. The summed E-state index contributed by atoms with van der Waals surface area (Å²) in [5.41, 5.74) is 2.47. The first-order valence-corrected chi connectivity index (χ1v) is 6.80. The molecular weight excluding hydrogens is 228 g/mol. The minimum absolute atomic E-state index is 0.00653. The maximum atomic E-state index is 12.1. The fourth-order valence-electron chi connectivity index (χ4n) is 3.04. The van der Waals surface area contributed by atoms with E-state index in [-0.39, 0.29) is 18.0 Å². The van der Waals surface area contributed by atoms with Crippen LogP contribution in [0.5, 0.6) is 0 Å². The molecule has 0 saturated carbocycles. The van der Waals surface area contributed by atoms with Crippen molar-refractivity contribution in [3.05, 3.63) is 17.5 Å². The fraction of sp³-hybridized carbons (Fsp3) is 0.692. The maximum Gasteiger partial charge on any atom is 0.237 e. The lowest BCUT2D eigenvalue weighted by Gasteiger charge is -2.25. The highest BCUT2D eigenvalue weighted by atomic mass is 16.2. The number of fused-ring (bicyclic) bond motifs is 1. The van der Waals surface area contributed by atoms with Gasteiger partial charge in [0.2, 0.25) is 5.91 Å². The molecule has 0 spiro atoms. The highest BCUT2D eigenvalue weighted by Gasteiger charge is 2.28. The number of aryl methyl sites for hydroxylation is 1. The number of aromatic nitrogens is 2. The lowest BCUT2D eigenvalue weighted by atomic mass is 9.92. The topological polar surface area (TPSA) is 59.0 Å². The first-order chi connectivity index (χ1) is 8.75. The van der Waals surface area contributed by atoms with Crippen molar-refractivity contribution in [2.75, 3.05) is 6.54 Å². The molecule has 2 heterocycles. The van der Waals surface area contributed by atoms with Gasteiger partial charge in [-0.05, 0) is 38.6 Å². The molecule has 0 bridgehead atoms. The minimum Gasteiger partial charge on any atom is -0.348 e. The van der Waals surface area contributed by atoms with E-state index in [4.69, 9.17) is 0 Å². The molecule has 18 heavy (non-hydrogen) atoms. The van der Waals surface area contributed by atoms with Crippen molar-refractivity contribution in [3.63, 3.8) is 0 Å². The first-order valence-electron chi connectivity index (χ1n) is 6.80. The molecule has 5 nitrogen and oxygen atoms in total. The molecule has 1 amide bonds. The quantitative estimate of drug-likeness (QED) is 0.808. The molecule has 0 aromatic carbocycles. The van der Waals surface area contributed by atoms with Crippen molar-refractivity contribution >= 4 is 5.91 Å². The van der Waals surface area contributed by atoms with Crippen LogP contribution in [0.25, 0.3) is 0 Å². The summed E-state index contributed by atoms with van der Waals surface area (Å²) < 4.78 is 1.93. The molecule has 1 saturated heterocycles. The van der Waals surface area contributed by atoms with Crippen molar-refractivity contribution in [2.24, 2.45) is 7.05 Å². The van der Waals surface area contributed by atoms with E-state index in [1.165, 1.54) is 11.3 Å². The SMILES string of the molecule is Cn1ncc2c1CCCC2NC(=O)[C@H]1CCCN1. The number of nitrogens with one attached hydrogen (secondary N) is 2. The molecule has 1 aromatic heterocycles. The van der Waals surface area contributed by atoms with Gasteiger partial charge in [-0.3, -0.25) is 9.48 Å². The Bertz CT molecular complexity index is 448. The molecule has 5 heteroatoms. The summed E-state index contributed by atoms with van der Waals surface area (Å²) in [5.74, 6) is 0.147. The Hall–Kier alpha value is -1.36. The zero-order chi connectivity index (χ0) is 12.5. The van der Waals surface area contributed by atoms with E-state index in [2.05, 4.69) is 15.7 Å². The highest BCUT2D eigenvalue weighted by Crippen LogP contribution is 2.29. The summed E-state index contributed by atoms with van der Waals surface area (Å²) in [6.45, 7) is 0.959. The summed E-state index contributed by atoms with van der Waals surface area (Å²) in [4.78, 5) is 12.1. The second kappa shape index (κ2) is 4.72. The van der Waals surface area contributed by atoms with Crippen LogP contribution in [0, 0.1) is 0 Å². The van der Waals surface area contributed by atoms with Gasteiger partial charge in [-0.1, -0.05) is 0 Å². The van der Waals surface area contributed by atoms with Gasteiger partial charge in [0.1, 0.15) is 0 Å². The van der Waals surface area contributed by atoms with Crippen LogP contribution < -0.4 is 10.6 Å². The number of carbonyl (C=O) groups excluding carboxylic acids is 1. The molecule has 2 aliphatic rings. The number of amides is 1. The van der Waals surface area contributed by atoms with Gasteiger partial charge in [0.25, 0.3) is 0 Å². The monoisotopic (exact) mass is 248 g/mol. The van der Waals surface area contributed by atoms with Gasteiger partial charge in [-0.15, -0.1) is 0 Å². The summed E-state index contributed by atoms with van der Waals surface area (Å²) in [6, 6.07) is 0.157. The van der Waals surface area contributed by atoms with E-state index in [1.54, 1.807) is 0 Å². The van der Waals surface area contributed by atoms with Crippen molar-refractivity contribution in [2.45, 2.75) is 44.2 Å². The highest BCUT2D eigenvalue weighted by molar-refractivity contribution is 5.82. The summed E-state index contributed by atoms with van der Waals surface area (Å²) in [5, 5.41) is 10.7. The molecule has 98 valence electrons. The van der Waals surface area contributed by atoms with Crippen LogP contribution in [-0.4, -0.2) is 28.3 Å². The predicted octanol–water partition coefficient (Wildman–Crippen LogP) is 0.666. The summed E-state index contributed by atoms with van der Waals surface area (Å²) in [7, 11) is 1.97. The zero-order valence-corrected chi connectivity index (χ0v) is 10.8. The third kappa shape index (κ3) is 2.03. The number of hydrogen-bond acceptors (Lipinski definition) is 3. The minimum atomic E-state index is 0.00653. The van der Waals surface area contributed by atoms with Crippen LogP contribution in [0.4, 0.5) is 0 Å².